The van der Waals surface area contributed by atoms with E-state index >= 15 is 0 Å². The minimum atomic E-state index is -1.20. The minimum Gasteiger partial charge on any atom is -0.463 e. The van der Waals surface area contributed by atoms with Crippen LogP contribution in [0.15, 0.2) is 58.3 Å². The van der Waals surface area contributed by atoms with Crippen molar-refractivity contribution in [3.8, 4) is 11.5 Å². The summed E-state index contributed by atoms with van der Waals surface area (Å²) in [4.78, 5) is 14.0. The number of halogens is 1. The molecule has 1 saturated heterocycles. The minimum absolute atomic E-state index is 0.283. The third kappa shape index (κ3) is 4.01. The number of aromatic nitrogens is 5. The molecule has 1 fully saturated rings. The van der Waals surface area contributed by atoms with Crippen LogP contribution in [-0.2, 0) is 17.3 Å². The van der Waals surface area contributed by atoms with Crippen molar-refractivity contribution in [1.29, 1.82) is 0 Å². The highest BCUT2D eigenvalue weighted by molar-refractivity contribution is 7.84. The molecule has 1 aliphatic rings. The fourth-order valence-corrected chi connectivity index (χ4v) is 5.18. The summed E-state index contributed by atoms with van der Waals surface area (Å²) in [6.07, 6.45) is 4.94. The summed E-state index contributed by atoms with van der Waals surface area (Å²) in [5.74, 6) is 0.609. The molecule has 0 bridgehead atoms. The van der Waals surface area contributed by atoms with Gasteiger partial charge in [0.05, 0.1) is 18.3 Å². The Balaban J connectivity index is 1.14. The first kappa shape index (κ1) is 22.7. The molecular formula is C24H25FN8O2S. The number of hydrogen-bond acceptors (Lipinski definition) is 8. The molecule has 1 aliphatic heterocycles. The topological polar surface area (TPSA) is 111 Å². The van der Waals surface area contributed by atoms with Crippen molar-refractivity contribution in [3.63, 3.8) is 0 Å². The zero-order chi connectivity index (χ0) is 24.8. The molecule has 1 aromatic carbocycles. The lowest BCUT2D eigenvalue weighted by Gasteiger charge is -2.36. The zero-order valence-electron chi connectivity index (χ0n) is 19.7. The van der Waals surface area contributed by atoms with Crippen molar-refractivity contribution in [3.05, 3.63) is 54.8 Å². The summed E-state index contributed by atoms with van der Waals surface area (Å²) in [6.45, 7) is 4.55. The third-order valence-electron chi connectivity index (χ3n) is 6.59. The van der Waals surface area contributed by atoms with E-state index in [1.54, 1.807) is 35.5 Å². The van der Waals surface area contributed by atoms with Crippen LogP contribution in [0.5, 0.6) is 0 Å². The van der Waals surface area contributed by atoms with Crippen LogP contribution in [0, 0.1) is 5.82 Å². The molecule has 6 rings (SSSR count). The van der Waals surface area contributed by atoms with Gasteiger partial charge in [-0.05, 0) is 36.4 Å². The second-order valence-electron chi connectivity index (χ2n) is 8.78. The summed E-state index contributed by atoms with van der Waals surface area (Å²) in [5, 5.41) is 4.52. The highest BCUT2D eigenvalue weighted by Crippen LogP contribution is 2.26. The van der Waals surface area contributed by atoms with Gasteiger partial charge in [-0.3, -0.25) is 9.11 Å². The third-order valence-corrected chi connectivity index (χ3v) is 7.51. The number of piperazine rings is 1. The number of nitrogens with zero attached hydrogens (tertiary/aromatic N) is 7. The summed E-state index contributed by atoms with van der Waals surface area (Å²) in [7, 11) is -1.20. The van der Waals surface area contributed by atoms with Crippen molar-refractivity contribution in [2.24, 2.45) is 0 Å². The van der Waals surface area contributed by atoms with Gasteiger partial charge in [-0.25, -0.2) is 9.37 Å². The molecule has 186 valence electrons. The Hall–Kier alpha value is -3.77. The summed E-state index contributed by atoms with van der Waals surface area (Å²) >= 11 is 0. The molecule has 0 radical (unpaired) electrons. The van der Waals surface area contributed by atoms with E-state index in [-0.39, 0.29) is 11.8 Å². The molecule has 0 unspecified atom stereocenters. The van der Waals surface area contributed by atoms with Gasteiger partial charge in [0.15, 0.2) is 11.4 Å². The predicted molar refractivity (Wildman–Crippen MR) is 136 cm³/mol. The number of hydrogen-bond donors (Lipinski definition) is 1. The predicted octanol–water partition coefficient (Wildman–Crippen LogP) is 2.62. The van der Waals surface area contributed by atoms with Gasteiger partial charge >= 0.3 is 0 Å². The van der Waals surface area contributed by atoms with E-state index < -0.39 is 10.8 Å². The number of rotatable bonds is 6. The molecule has 36 heavy (non-hydrogen) atoms. The van der Waals surface area contributed by atoms with E-state index in [0.717, 1.165) is 30.7 Å². The monoisotopic (exact) mass is 508 g/mol. The molecule has 0 spiro atoms. The first-order chi connectivity index (χ1) is 17.5. The molecule has 2 N–H and O–H groups in total. The lowest BCUT2D eigenvalue weighted by Crippen LogP contribution is -2.47. The Morgan fingerprint density at radius 3 is 2.69 bits per heavy atom. The van der Waals surface area contributed by atoms with Crippen LogP contribution in [0.25, 0.3) is 28.1 Å². The van der Waals surface area contributed by atoms with Crippen LogP contribution in [0.1, 0.15) is 0 Å². The van der Waals surface area contributed by atoms with Gasteiger partial charge in [-0.2, -0.15) is 14.6 Å². The van der Waals surface area contributed by atoms with Crippen LogP contribution in [0.3, 0.4) is 0 Å². The lowest BCUT2D eigenvalue weighted by atomic mass is 10.2. The average molecular weight is 509 g/mol. The van der Waals surface area contributed by atoms with Crippen LogP contribution in [0.2, 0.25) is 0 Å². The summed E-state index contributed by atoms with van der Waals surface area (Å²) in [6, 6.07) is 10.4. The van der Waals surface area contributed by atoms with Gasteiger partial charge in [-0.1, -0.05) is 0 Å². The number of furan rings is 1. The van der Waals surface area contributed by atoms with Crippen molar-refractivity contribution < 1.29 is 13.0 Å². The SMILES string of the molecule is C[S@](=O)c1ccc(N2CCN(CCn3cnc4c3nc(N)n3nc(-c5ccco5)cc43)CC2)c(F)c1. The fourth-order valence-electron chi connectivity index (χ4n) is 4.65. The molecule has 0 amide bonds. The molecule has 4 aromatic heterocycles. The molecule has 0 aliphatic carbocycles. The average Bonchev–Trinajstić information content (AvgIpc) is 3.63. The fraction of sp³-hybridized carbons (Fsp3) is 0.292. The van der Waals surface area contributed by atoms with Crippen molar-refractivity contribution in [2.75, 3.05) is 49.6 Å². The van der Waals surface area contributed by atoms with Gasteiger partial charge < -0.3 is 19.6 Å². The zero-order valence-corrected chi connectivity index (χ0v) is 20.5. The Bertz CT molecular complexity index is 1570. The standard InChI is InChI=1S/C24H25FN8O2S/c1-36(34)16-4-5-19(17(25)13-16)31-9-6-30(7-10-31)8-11-32-15-27-22-20-14-18(21-3-2-12-35-21)29-33(20)24(26)28-23(22)32/h2-5,12-15H,6-11H2,1H3,(H2,26,28)/t36-/m0/s1. The van der Waals surface area contributed by atoms with Gasteiger partial charge in [-0.15, -0.1) is 0 Å². The first-order valence-electron chi connectivity index (χ1n) is 11.6. The van der Waals surface area contributed by atoms with E-state index in [9.17, 15) is 8.60 Å². The van der Waals surface area contributed by atoms with Gasteiger partial charge in [0.1, 0.15) is 22.5 Å². The summed E-state index contributed by atoms with van der Waals surface area (Å²) in [5.41, 5.74) is 9.66. The van der Waals surface area contributed by atoms with E-state index in [1.807, 2.05) is 27.7 Å². The van der Waals surface area contributed by atoms with Gasteiger partial charge in [0, 0.05) is 61.2 Å². The van der Waals surface area contributed by atoms with Crippen molar-refractivity contribution in [2.45, 2.75) is 11.4 Å². The number of fused-ring (bicyclic) bond motifs is 3. The molecular weight excluding hydrogens is 483 g/mol. The number of anilines is 2. The second kappa shape index (κ2) is 9.03. The molecule has 1 atom stereocenters. The van der Waals surface area contributed by atoms with Crippen LogP contribution >= 0.6 is 0 Å². The summed E-state index contributed by atoms with van der Waals surface area (Å²) < 4.78 is 35.2. The maximum absolute atomic E-state index is 14.6. The Morgan fingerprint density at radius 1 is 1.14 bits per heavy atom. The van der Waals surface area contributed by atoms with E-state index in [0.29, 0.717) is 47.3 Å². The van der Waals surface area contributed by atoms with E-state index in [4.69, 9.17) is 10.2 Å². The Morgan fingerprint density at radius 2 is 1.97 bits per heavy atom. The Labute approximate surface area is 208 Å². The normalized spacial score (nSPS) is 15.8. The highest BCUT2D eigenvalue weighted by Gasteiger charge is 2.21. The molecule has 10 nitrogen and oxygen atoms in total. The van der Waals surface area contributed by atoms with E-state index in [1.165, 1.54) is 6.07 Å². The van der Waals surface area contributed by atoms with Crippen molar-refractivity contribution in [1.82, 2.24) is 29.0 Å². The number of benzene rings is 1. The maximum Gasteiger partial charge on any atom is 0.223 e. The molecule has 5 heterocycles. The second-order valence-corrected chi connectivity index (χ2v) is 10.2. The quantitative estimate of drug-likeness (QED) is 0.373. The lowest BCUT2D eigenvalue weighted by molar-refractivity contribution is 0.248. The molecule has 5 aromatic rings. The number of nitrogen functional groups attached to an aromatic ring is 1. The number of imidazole rings is 1. The van der Waals surface area contributed by atoms with Gasteiger partial charge in [0.2, 0.25) is 5.95 Å². The van der Waals surface area contributed by atoms with E-state index in [2.05, 4.69) is 20.0 Å². The van der Waals surface area contributed by atoms with Crippen LogP contribution < -0.4 is 10.6 Å². The van der Waals surface area contributed by atoms with Crippen LogP contribution in [0.4, 0.5) is 16.0 Å². The smallest absolute Gasteiger partial charge is 0.223 e. The first-order valence-corrected chi connectivity index (χ1v) is 13.2. The van der Waals surface area contributed by atoms with Crippen LogP contribution in [-0.4, -0.2) is 72.2 Å². The van der Waals surface area contributed by atoms with Crippen molar-refractivity contribution >= 4 is 39.1 Å². The maximum atomic E-state index is 14.6. The largest absolute Gasteiger partial charge is 0.463 e. The molecule has 0 saturated carbocycles. The molecule has 12 heteroatoms. The van der Waals surface area contributed by atoms with Gasteiger partial charge in [0.25, 0.3) is 0 Å². The number of nitrogens with two attached hydrogens (primary N) is 1. The Kier molecular flexibility index (Phi) is 5.69. The highest BCUT2D eigenvalue weighted by atomic mass is 32.2.